The molecule has 0 unspecified atom stereocenters. The van der Waals surface area contributed by atoms with E-state index in [0.29, 0.717) is 19.0 Å². The minimum absolute atomic E-state index is 0. The Balaban J connectivity index is 0.00000280. The van der Waals surface area contributed by atoms with E-state index in [1.165, 1.54) is 32.9 Å². The standard InChI is InChI=1S/C21H27F2N3O.ClH/c1-6-7-12-25-13-26-17(14(2)24-18(26)19(25)27)15-8-10-16(11-9-15)21(22,23)20(3,4)5;/h8-11H,6-7,12-13H2,1-5H3;1H. The number of fused-ring (bicyclic) bond motifs is 1. The molecule has 1 aromatic heterocycles. The lowest BCUT2D eigenvalue weighted by Gasteiger charge is -2.30. The van der Waals surface area contributed by atoms with E-state index in [0.717, 1.165) is 29.8 Å². The molecule has 4 nitrogen and oxygen atoms in total. The van der Waals surface area contributed by atoms with Crippen LogP contribution < -0.4 is 0 Å². The summed E-state index contributed by atoms with van der Waals surface area (Å²) in [5.74, 6) is -2.55. The van der Waals surface area contributed by atoms with Crippen LogP contribution in [0.5, 0.6) is 0 Å². The number of rotatable bonds is 5. The molecule has 2 heterocycles. The number of imidazole rings is 1. The second-order valence-electron chi connectivity index (χ2n) is 8.26. The van der Waals surface area contributed by atoms with Gasteiger partial charge in [0.1, 0.15) is 0 Å². The number of carbonyl (C=O) groups excluding carboxylic acids is 1. The van der Waals surface area contributed by atoms with Crippen LogP contribution in [0, 0.1) is 12.3 Å². The quantitative estimate of drug-likeness (QED) is 0.639. The van der Waals surface area contributed by atoms with E-state index in [1.54, 1.807) is 17.0 Å². The van der Waals surface area contributed by atoms with Gasteiger partial charge in [-0.05, 0) is 13.3 Å². The van der Waals surface area contributed by atoms with Crippen molar-refractivity contribution in [3.8, 4) is 11.3 Å². The highest BCUT2D eigenvalue weighted by Crippen LogP contribution is 2.44. The lowest BCUT2D eigenvalue weighted by atomic mass is 9.83. The monoisotopic (exact) mass is 411 g/mol. The molecule has 0 spiro atoms. The number of nitrogens with zero attached hydrogens (tertiary/aromatic N) is 3. The third-order valence-electron chi connectivity index (χ3n) is 5.18. The summed E-state index contributed by atoms with van der Waals surface area (Å²) in [6.45, 7) is 9.70. The topological polar surface area (TPSA) is 38.1 Å². The van der Waals surface area contributed by atoms with E-state index in [1.807, 2.05) is 11.5 Å². The van der Waals surface area contributed by atoms with Crippen LogP contribution in [0.3, 0.4) is 0 Å². The molecule has 0 aliphatic carbocycles. The molecule has 1 amide bonds. The zero-order valence-corrected chi connectivity index (χ0v) is 17.9. The summed E-state index contributed by atoms with van der Waals surface area (Å²) >= 11 is 0. The highest BCUT2D eigenvalue weighted by molar-refractivity contribution is 5.94. The molecule has 0 bridgehead atoms. The summed E-state index contributed by atoms with van der Waals surface area (Å²) in [6.07, 6.45) is 1.96. The van der Waals surface area contributed by atoms with Crippen LogP contribution in [0.25, 0.3) is 11.3 Å². The van der Waals surface area contributed by atoms with Crippen molar-refractivity contribution < 1.29 is 13.6 Å². The molecular formula is C21H28ClF2N3O. The summed E-state index contributed by atoms with van der Waals surface area (Å²) in [7, 11) is 0. The lowest BCUT2D eigenvalue weighted by molar-refractivity contribution is -0.104. The maximum Gasteiger partial charge on any atom is 0.291 e. The summed E-state index contributed by atoms with van der Waals surface area (Å²) in [6, 6.07) is 6.36. The van der Waals surface area contributed by atoms with E-state index in [2.05, 4.69) is 11.9 Å². The molecule has 0 atom stereocenters. The van der Waals surface area contributed by atoms with Crippen molar-refractivity contribution in [2.45, 2.75) is 60.1 Å². The molecular weight excluding hydrogens is 384 g/mol. The van der Waals surface area contributed by atoms with Crippen LogP contribution in [0.4, 0.5) is 8.78 Å². The average Bonchev–Trinajstić information content (AvgIpc) is 3.07. The Kier molecular flexibility index (Phi) is 6.24. The molecule has 28 heavy (non-hydrogen) atoms. The van der Waals surface area contributed by atoms with E-state index in [4.69, 9.17) is 0 Å². The Hall–Kier alpha value is -1.95. The molecule has 1 aliphatic rings. The lowest BCUT2D eigenvalue weighted by Crippen LogP contribution is -2.31. The van der Waals surface area contributed by atoms with E-state index >= 15 is 0 Å². The van der Waals surface area contributed by atoms with Crippen LogP contribution in [0.1, 0.15) is 62.4 Å². The van der Waals surface area contributed by atoms with Crippen LogP contribution in [-0.2, 0) is 12.6 Å². The Labute approximate surface area is 171 Å². The maximum absolute atomic E-state index is 14.6. The van der Waals surface area contributed by atoms with Gasteiger partial charge in [0, 0.05) is 23.1 Å². The van der Waals surface area contributed by atoms with E-state index in [9.17, 15) is 13.6 Å². The number of benzene rings is 1. The SMILES string of the molecule is CCCCN1Cn2c(nc(C)c2-c2ccc(C(F)(F)C(C)(C)C)cc2)C1=O.Cl. The normalized spacial score (nSPS) is 14.2. The minimum Gasteiger partial charge on any atom is -0.318 e. The van der Waals surface area contributed by atoms with Crippen molar-refractivity contribution >= 4 is 18.3 Å². The van der Waals surface area contributed by atoms with Crippen molar-refractivity contribution in [1.82, 2.24) is 14.5 Å². The number of aromatic nitrogens is 2. The van der Waals surface area contributed by atoms with Gasteiger partial charge < -0.3 is 9.47 Å². The fourth-order valence-corrected chi connectivity index (χ4v) is 3.41. The number of carbonyl (C=O) groups is 1. The molecule has 3 rings (SSSR count). The first kappa shape index (κ1) is 22.3. The minimum atomic E-state index is -2.92. The third kappa shape index (κ3) is 3.66. The fourth-order valence-electron chi connectivity index (χ4n) is 3.41. The number of halogens is 3. The smallest absolute Gasteiger partial charge is 0.291 e. The summed E-state index contributed by atoms with van der Waals surface area (Å²) in [4.78, 5) is 18.8. The number of hydrogen-bond donors (Lipinski definition) is 0. The molecule has 0 N–H and O–H groups in total. The number of alkyl halides is 2. The van der Waals surface area contributed by atoms with Gasteiger partial charge in [-0.25, -0.2) is 13.8 Å². The summed E-state index contributed by atoms with van der Waals surface area (Å²) in [5.41, 5.74) is 1.20. The molecule has 1 aliphatic heterocycles. The first-order valence-electron chi connectivity index (χ1n) is 9.43. The van der Waals surface area contributed by atoms with E-state index < -0.39 is 11.3 Å². The van der Waals surface area contributed by atoms with Crippen LogP contribution >= 0.6 is 12.4 Å². The Bertz CT molecular complexity index is 854. The zero-order valence-electron chi connectivity index (χ0n) is 17.1. The largest absolute Gasteiger partial charge is 0.318 e. The number of hydrogen-bond acceptors (Lipinski definition) is 2. The second kappa shape index (κ2) is 7.82. The van der Waals surface area contributed by atoms with Crippen molar-refractivity contribution in [2.24, 2.45) is 5.41 Å². The first-order valence-corrected chi connectivity index (χ1v) is 9.43. The average molecular weight is 412 g/mol. The molecule has 0 saturated heterocycles. The number of aryl methyl sites for hydroxylation is 1. The third-order valence-corrected chi connectivity index (χ3v) is 5.18. The molecule has 1 aromatic carbocycles. The van der Waals surface area contributed by atoms with Gasteiger partial charge in [-0.1, -0.05) is 58.4 Å². The fraction of sp³-hybridized carbons (Fsp3) is 0.524. The summed E-state index contributed by atoms with van der Waals surface area (Å²) in [5, 5.41) is 0. The Morgan fingerprint density at radius 2 is 1.75 bits per heavy atom. The van der Waals surface area contributed by atoms with Gasteiger partial charge in [0.25, 0.3) is 11.8 Å². The highest BCUT2D eigenvalue weighted by Gasteiger charge is 2.44. The van der Waals surface area contributed by atoms with Crippen LogP contribution in [-0.4, -0.2) is 26.9 Å². The molecule has 0 fully saturated rings. The predicted molar refractivity (Wildman–Crippen MR) is 109 cm³/mol. The molecule has 0 radical (unpaired) electrons. The van der Waals surface area contributed by atoms with Gasteiger partial charge >= 0.3 is 0 Å². The van der Waals surface area contributed by atoms with Crippen LogP contribution in [0.15, 0.2) is 24.3 Å². The Morgan fingerprint density at radius 3 is 2.29 bits per heavy atom. The Morgan fingerprint density at radius 1 is 1.14 bits per heavy atom. The van der Waals surface area contributed by atoms with Gasteiger partial charge in [0.2, 0.25) is 5.82 Å². The maximum atomic E-state index is 14.6. The summed E-state index contributed by atoms with van der Waals surface area (Å²) < 4.78 is 31.1. The van der Waals surface area contributed by atoms with Gasteiger partial charge in [0.05, 0.1) is 18.1 Å². The van der Waals surface area contributed by atoms with Crippen molar-refractivity contribution in [2.75, 3.05) is 6.54 Å². The van der Waals surface area contributed by atoms with Crippen molar-refractivity contribution in [3.63, 3.8) is 0 Å². The van der Waals surface area contributed by atoms with E-state index in [-0.39, 0.29) is 23.9 Å². The molecule has 2 aromatic rings. The number of amides is 1. The van der Waals surface area contributed by atoms with Gasteiger partial charge in [-0.15, -0.1) is 12.4 Å². The predicted octanol–water partition coefficient (Wildman–Crippen LogP) is 5.63. The van der Waals surface area contributed by atoms with Gasteiger partial charge in [-0.3, -0.25) is 4.79 Å². The first-order chi connectivity index (χ1) is 12.6. The highest BCUT2D eigenvalue weighted by atomic mass is 35.5. The molecule has 7 heteroatoms. The zero-order chi connectivity index (χ0) is 20.0. The molecule has 154 valence electrons. The van der Waals surface area contributed by atoms with Crippen molar-refractivity contribution in [1.29, 1.82) is 0 Å². The van der Waals surface area contributed by atoms with Crippen molar-refractivity contribution in [3.05, 3.63) is 41.3 Å². The number of unbranched alkanes of at least 4 members (excludes halogenated alkanes) is 1. The van der Waals surface area contributed by atoms with Gasteiger partial charge in [0.15, 0.2) is 0 Å². The second-order valence-corrected chi connectivity index (χ2v) is 8.26. The molecule has 0 saturated carbocycles. The van der Waals surface area contributed by atoms with Gasteiger partial charge in [-0.2, -0.15) is 0 Å². The van der Waals surface area contributed by atoms with Crippen LogP contribution in [0.2, 0.25) is 0 Å².